The van der Waals surface area contributed by atoms with Crippen LogP contribution in [0.2, 0.25) is 4.34 Å². The monoisotopic (exact) mass is 292 g/mol. The van der Waals surface area contributed by atoms with Gasteiger partial charge in [0.15, 0.2) is 0 Å². The molecule has 13 heavy (non-hydrogen) atoms. The fourth-order valence-corrected chi connectivity index (χ4v) is 3.44. The zero-order valence-corrected chi connectivity index (χ0v) is 10.8. The summed E-state index contributed by atoms with van der Waals surface area (Å²) in [6.45, 7) is 0. The van der Waals surface area contributed by atoms with E-state index in [-0.39, 0.29) is 0 Å². The van der Waals surface area contributed by atoms with E-state index in [0.717, 1.165) is 8.81 Å². The van der Waals surface area contributed by atoms with Gasteiger partial charge in [-0.05, 0) is 40.4 Å². The fraction of sp³-hybridized carbons (Fsp3) is 0.111. The van der Waals surface area contributed by atoms with E-state index in [0.29, 0.717) is 0 Å². The molecule has 1 aromatic heterocycles. The Kier molecular flexibility index (Phi) is 2.88. The molecule has 4 heteroatoms. The van der Waals surface area contributed by atoms with Gasteiger partial charge < -0.3 is 0 Å². The molecule has 0 nitrogen and oxygen atoms in total. The van der Waals surface area contributed by atoms with E-state index < -0.39 is 0 Å². The van der Waals surface area contributed by atoms with Crippen molar-refractivity contribution in [3.8, 4) is 0 Å². The van der Waals surface area contributed by atoms with Gasteiger partial charge in [0.25, 0.3) is 0 Å². The van der Waals surface area contributed by atoms with Crippen molar-refractivity contribution in [2.45, 2.75) is 4.90 Å². The van der Waals surface area contributed by atoms with Gasteiger partial charge in [-0.15, -0.1) is 23.1 Å². The number of halogens is 2. The zero-order valence-electron chi connectivity index (χ0n) is 6.80. The summed E-state index contributed by atoms with van der Waals surface area (Å²) in [5, 5.41) is 1.21. The molecule has 0 N–H and O–H groups in total. The molecular formula is C9H6BrClS2. The van der Waals surface area contributed by atoms with Gasteiger partial charge in [-0.2, -0.15) is 0 Å². The second-order valence-corrected chi connectivity index (χ2v) is 5.88. The van der Waals surface area contributed by atoms with E-state index in [1.807, 2.05) is 0 Å². The van der Waals surface area contributed by atoms with Gasteiger partial charge in [-0.25, -0.2) is 0 Å². The highest BCUT2D eigenvalue weighted by Gasteiger charge is 2.07. The molecule has 0 atom stereocenters. The molecule has 0 unspecified atom stereocenters. The van der Waals surface area contributed by atoms with Gasteiger partial charge in [0.2, 0.25) is 0 Å². The molecule has 2 aromatic rings. The zero-order chi connectivity index (χ0) is 9.42. The quantitative estimate of drug-likeness (QED) is 0.664. The average Bonchev–Trinajstić information content (AvgIpc) is 2.43. The molecule has 68 valence electrons. The van der Waals surface area contributed by atoms with Crippen LogP contribution in [-0.4, -0.2) is 6.26 Å². The molecule has 0 bridgehead atoms. The van der Waals surface area contributed by atoms with Crippen molar-refractivity contribution in [3.05, 3.63) is 27.0 Å². The highest BCUT2D eigenvalue weighted by molar-refractivity contribution is 9.10. The molecule has 1 aromatic carbocycles. The maximum atomic E-state index is 6.01. The molecule has 0 aliphatic heterocycles. The third kappa shape index (κ3) is 1.75. The number of thiophene rings is 1. The molecule has 0 fully saturated rings. The van der Waals surface area contributed by atoms with Crippen LogP contribution in [0.3, 0.4) is 0 Å². The summed E-state index contributed by atoms with van der Waals surface area (Å²) in [6, 6.07) is 6.39. The van der Waals surface area contributed by atoms with Gasteiger partial charge in [-0.1, -0.05) is 11.6 Å². The molecule has 2 rings (SSSR count). The number of fused-ring (bicyclic) bond motifs is 1. The van der Waals surface area contributed by atoms with Gasteiger partial charge in [0.05, 0.1) is 4.47 Å². The van der Waals surface area contributed by atoms with E-state index in [1.54, 1.807) is 23.1 Å². The smallest absolute Gasteiger partial charge is 0.108 e. The van der Waals surface area contributed by atoms with Gasteiger partial charge in [0, 0.05) is 15.0 Å². The number of hydrogen-bond donors (Lipinski definition) is 0. The lowest BCUT2D eigenvalue weighted by atomic mass is 10.3. The molecule has 0 saturated carbocycles. The normalized spacial score (nSPS) is 11.0. The Bertz CT molecular complexity index is 450. The SMILES string of the molecule is CSc1ccc2sc(Cl)c(Br)c2c1. The van der Waals surface area contributed by atoms with Crippen LogP contribution in [0.4, 0.5) is 0 Å². The minimum absolute atomic E-state index is 0.827. The fourth-order valence-electron chi connectivity index (χ4n) is 1.14. The average molecular weight is 294 g/mol. The summed E-state index contributed by atoms with van der Waals surface area (Å²) in [5.74, 6) is 0. The van der Waals surface area contributed by atoms with Crippen molar-refractivity contribution in [1.29, 1.82) is 0 Å². The van der Waals surface area contributed by atoms with E-state index in [2.05, 4.69) is 40.4 Å². The predicted octanol–water partition coefficient (Wildman–Crippen LogP) is 5.04. The summed E-state index contributed by atoms with van der Waals surface area (Å²) in [7, 11) is 0. The number of rotatable bonds is 1. The van der Waals surface area contributed by atoms with Crippen molar-refractivity contribution in [1.82, 2.24) is 0 Å². The second kappa shape index (κ2) is 3.81. The van der Waals surface area contributed by atoms with Gasteiger partial charge in [-0.3, -0.25) is 0 Å². The molecule has 0 amide bonds. The minimum Gasteiger partial charge on any atom is -0.130 e. The summed E-state index contributed by atoms with van der Waals surface area (Å²) >= 11 is 12.8. The van der Waals surface area contributed by atoms with Crippen LogP contribution in [0.1, 0.15) is 0 Å². The Balaban J connectivity index is 2.75. The Labute approximate surface area is 98.4 Å². The second-order valence-electron chi connectivity index (χ2n) is 2.55. The third-order valence-electron chi connectivity index (χ3n) is 1.80. The molecule has 0 aliphatic carbocycles. The van der Waals surface area contributed by atoms with E-state index in [1.165, 1.54) is 15.0 Å². The first-order valence-electron chi connectivity index (χ1n) is 3.64. The molecule has 0 saturated heterocycles. The highest BCUT2D eigenvalue weighted by atomic mass is 79.9. The van der Waals surface area contributed by atoms with Crippen LogP contribution in [0.5, 0.6) is 0 Å². The van der Waals surface area contributed by atoms with Crippen LogP contribution >= 0.6 is 50.6 Å². The molecule has 0 radical (unpaired) electrons. The first-order chi connectivity index (χ1) is 6.22. The van der Waals surface area contributed by atoms with E-state index >= 15 is 0 Å². The summed E-state index contributed by atoms with van der Waals surface area (Å²) in [4.78, 5) is 1.27. The summed E-state index contributed by atoms with van der Waals surface area (Å²) in [6.07, 6.45) is 2.07. The molecule has 0 aliphatic rings. The number of hydrogen-bond acceptors (Lipinski definition) is 2. The molecular weight excluding hydrogens is 288 g/mol. The summed E-state index contributed by atoms with van der Waals surface area (Å²) in [5.41, 5.74) is 0. The van der Waals surface area contributed by atoms with Crippen LogP contribution in [0.25, 0.3) is 10.1 Å². The first kappa shape index (κ1) is 9.84. The third-order valence-corrected chi connectivity index (χ3v) is 5.21. The van der Waals surface area contributed by atoms with Crippen LogP contribution in [0.15, 0.2) is 27.6 Å². The Morgan fingerprint density at radius 2 is 2.23 bits per heavy atom. The van der Waals surface area contributed by atoms with Crippen molar-refractivity contribution >= 4 is 60.7 Å². The maximum absolute atomic E-state index is 6.01. The van der Waals surface area contributed by atoms with Crippen LogP contribution in [0, 0.1) is 0 Å². The highest BCUT2D eigenvalue weighted by Crippen LogP contribution is 2.40. The Morgan fingerprint density at radius 1 is 1.46 bits per heavy atom. The number of thioether (sulfide) groups is 1. The lowest BCUT2D eigenvalue weighted by Crippen LogP contribution is -1.68. The molecule has 0 spiro atoms. The van der Waals surface area contributed by atoms with Crippen LogP contribution in [-0.2, 0) is 0 Å². The van der Waals surface area contributed by atoms with Crippen molar-refractivity contribution in [3.63, 3.8) is 0 Å². The van der Waals surface area contributed by atoms with Gasteiger partial charge in [0.1, 0.15) is 4.34 Å². The Hall–Kier alpha value is 0.300. The predicted molar refractivity (Wildman–Crippen MR) is 66.3 cm³/mol. The number of benzene rings is 1. The van der Waals surface area contributed by atoms with E-state index in [9.17, 15) is 0 Å². The molecule has 1 heterocycles. The van der Waals surface area contributed by atoms with Crippen molar-refractivity contribution < 1.29 is 0 Å². The first-order valence-corrected chi connectivity index (χ1v) is 6.85. The van der Waals surface area contributed by atoms with Crippen molar-refractivity contribution in [2.75, 3.05) is 6.26 Å². The summed E-state index contributed by atoms with van der Waals surface area (Å²) < 4.78 is 3.08. The van der Waals surface area contributed by atoms with E-state index in [4.69, 9.17) is 11.6 Å². The minimum atomic E-state index is 0.827. The Morgan fingerprint density at radius 3 is 2.92 bits per heavy atom. The lowest BCUT2D eigenvalue weighted by molar-refractivity contribution is 1.52. The standard InChI is InChI=1S/C9H6BrClS2/c1-12-5-2-3-7-6(4-5)8(10)9(11)13-7/h2-4H,1H3. The van der Waals surface area contributed by atoms with Gasteiger partial charge >= 0.3 is 0 Å². The lowest BCUT2D eigenvalue weighted by Gasteiger charge is -1.95. The maximum Gasteiger partial charge on any atom is 0.108 e. The van der Waals surface area contributed by atoms with Crippen LogP contribution < -0.4 is 0 Å². The largest absolute Gasteiger partial charge is 0.130 e. The topological polar surface area (TPSA) is 0 Å². The van der Waals surface area contributed by atoms with Crippen molar-refractivity contribution in [2.24, 2.45) is 0 Å².